The Kier molecular flexibility index (Phi) is 3.68. The summed E-state index contributed by atoms with van der Waals surface area (Å²) >= 11 is 0. The minimum atomic E-state index is -1.04. The van der Waals surface area contributed by atoms with Crippen LogP contribution in [0.4, 0.5) is 0 Å². The Morgan fingerprint density at radius 2 is 2.05 bits per heavy atom. The zero-order chi connectivity index (χ0) is 15.9. The fraction of sp³-hybridized carbons (Fsp3) is 0.529. The molecule has 1 amide bonds. The average Bonchev–Trinajstić information content (AvgIpc) is 3.05. The number of carbonyl (C=O) groups excluding carboxylic acids is 2. The summed E-state index contributed by atoms with van der Waals surface area (Å²) in [7, 11) is 1.36. The molecule has 5 nitrogen and oxygen atoms in total. The molecule has 2 saturated heterocycles. The van der Waals surface area contributed by atoms with Gasteiger partial charge in [-0.1, -0.05) is 44.2 Å². The van der Waals surface area contributed by atoms with Gasteiger partial charge in [0, 0.05) is 12.3 Å². The van der Waals surface area contributed by atoms with Crippen molar-refractivity contribution in [2.24, 2.45) is 5.92 Å². The van der Waals surface area contributed by atoms with Crippen LogP contribution in [-0.2, 0) is 19.1 Å². The van der Waals surface area contributed by atoms with E-state index in [0.29, 0.717) is 6.42 Å². The van der Waals surface area contributed by atoms with Gasteiger partial charge in [-0.25, -0.2) is 4.79 Å². The van der Waals surface area contributed by atoms with Crippen LogP contribution in [0.2, 0.25) is 0 Å². The minimum absolute atomic E-state index is 0.0459. The van der Waals surface area contributed by atoms with Gasteiger partial charge in [0.25, 0.3) is 0 Å². The van der Waals surface area contributed by atoms with E-state index in [0.717, 1.165) is 5.56 Å². The van der Waals surface area contributed by atoms with E-state index < -0.39 is 11.5 Å². The maximum Gasteiger partial charge on any atom is 0.334 e. The monoisotopic (exact) mass is 303 g/mol. The molecule has 0 bridgehead atoms. The van der Waals surface area contributed by atoms with Crippen molar-refractivity contribution in [1.82, 2.24) is 4.90 Å². The van der Waals surface area contributed by atoms with Gasteiger partial charge in [0.05, 0.1) is 13.7 Å². The van der Waals surface area contributed by atoms with Crippen molar-refractivity contribution < 1.29 is 19.1 Å². The highest BCUT2D eigenvalue weighted by Crippen LogP contribution is 2.49. The molecule has 1 aromatic rings. The number of ether oxygens (including phenoxy) is 2. The molecule has 3 rings (SSSR count). The van der Waals surface area contributed by atoms with Gasteiger partial charge in [-0.3, -0.25) is 9.69 Å². The summed E-state index contributed by atoms with van der Waals surface area (Å²) in [5.74, 6) is -0.562. The second kappa shape index (κ2) is 5.39. The number of carbonyl (C=O) groups is 2. The van der Waals surface area contributed by atoms with Crippen LogP contribution in [0.5, 0.6) is 0 Å². The first-order chi connectivity index (χ1) is 10.5. The summed E-state index contributed by atoms with van der Waals surface area (Å²) in [5, 5.41) is 0. The second-order valence-corrected chi connectivity index (χ2v) is 6.29. The number of hydrogen-bond acceptors (Lipinski definition) is 4. The Bertz CT molecular complexity index is 586. The van der Waals surface area contributed by atoms with Crippen molar-refractivity contribution in [1.29, 1.82) is 0 Å². The van der Waals surface area contributed by atoms with Gasteiger partial charge >= 0.3 is 5.97 Å². The first-order valence-corrected chi connectivity index (χ1v) is 7.59. The molecule has 118 valence electrons. The molecule has 5 heteroatoms. The van der Waals surface area contributed by atoms with Crippen molar-refractivity contribution in [3.8, 4) is 0 Å². The first-order valence-electron chi connectivity index (χ1n) is 7.59. The highest BCUT2D eigenvalue weighted by Gasteiger charge is 2.65. The Morgan fingerprint density at radius 3 is 2.64 bits per heavy atom. The number of nitrogens with zero attached hydrogens (tertiary/aromatic N) is 1. The lowest BCUT2D eigenvalue weighted by molar-refractivity contribution is -0.157. The van der Waals surface area contributed by atoms with E-state index in [2.05, 4.69) is 0 Å². The van der Waals surface area contributed by atoms with Gasteiger partial charge in [-0.15, -0.1) is 0 Å². The summed E-state index contributed by atoms with van der Waals surface area (Å²) in [4.78, 5) is 26.9. The van der Waals surface area contributed by atoms with E-state index in [1.807, 2.05) is 44.2 Å². The van der Waals surface area contributed by atoms with Gasteiger partial charge in [0.1, 0.15) is 6.23 Å². The van der Waals surface area contributed by atoms with Crippen LogP contribution in [0.25, 0.3) is 0 Å². The van der Waals surface area contributed by atoms with E-state index in [-0.39, 0.29) is 30.6 Å². The van der Waals surface area contributed by atoms with Crippen LogP contribution in [0.1, 0.15) is 31.7 Å². The number of benzene rings is 1. The van der Waals surface area contributed by atoms with Gasteiger partial charge in [0.15, 0.2) is 5.54 Å². The zero-order valence-corrected chi connectivity index (χ0v) is 13.1. The average molecular weight is 303 g/mol. The first kappa shape index (κ1) is 15.0. The fourth-order valence-electron chi connectivity index (χ4n) is 3.70. The van der Waals surface area contributed by atoms with E-state index in [9.17, 15) is 9.59 Å². The van der Waals surface area contributed by atoms with Crippen molar-refractivity contribution >= 4 is 11.9 Å². The van der Waals surface area contributed by atoms with Gasteiger partial charge in [-0.05, 0) is 11.5 Å². The van der Waals surface area contributed by atoms with Crippen molar-refractivity contribution in [2.75, 3.05) is 13.7 Å². The number of methoxy groups -OCH3 is 1. The SMILES string of the molecule is COC(=O)[C@]12CO[C@H](C(C)C)N1C(=O)C[C@@H]2c1ccccc1. The minimum Gasteiger partial charge on any atom is -0.467 e. The van der Waals surface area contributed by atoms with E-state index in [1.54, 1.807) is 4.90 Å². The van der Waals surface area contributed by atoms with Crippen LogP contribution < -0.4 is 0 Å². The zero-order valence-electron chi connectivity index (χ0n) is 13.1. The van der Waals surface area contributed by atoms with Crippen LogP contribution in [0, 0.1) is 5.92 Å². The molecular weight excluding hydrogens is 282 g/mol. The van der Waals surface area contributed by atoms with Crippen LogP contribution in [-0.4, -0.2) is 42.3 Å². The molecule has 22 heavy (non-hydrogen) atoms. The second-order valence-electron chi connectivity index (χ2n) is 6.29. The van der Waals surface area contributed by atoms with E-state index in [1.165, 1.54) is 7.11 Å². The standard InChI is InChI=1S/C17H21NO4/c1-11(2)15-18-14(19)9-13(12-7-5-4-6-8-12)17(18,10-22-15)16(20)21-3/h4-8,11,13,15H,9-10H2,1-3H3/t13-,15-,17-/m1/s1. The summed E-state index contributed by atoms with van der Waals surface area (Å²) < 4.78 is 10.9. The predicted octanol–water partition coefficient (Wildman–Crippen LogP) is 1.93. The Hall–Kier alpha value is -1.88. The third kappa shape index (κ3) is 1.96. The predicted molar refractivity (Wildman–Crippen MR) is 80.0 cm³/mol. The molecule has 0 saturated carbocycles. The lowest BCUT2D eigenvalue weighted by Gasteiger charge is -2.35. The molecular formula is C17H21NO4. The summed E-state index contributed by atoms with van der Waals surface area (Å²) in [6.07, 6.45) is -0.0635. The lowest BCUT2D eigenvalue weighted by atomic mass is 9.80. The summed E-state index contributed by atoms with van der Waals surface area (Å²) in [6.45, 7) is 4.16. The largest absolute Gasteiger partial charge is 0.467 e. The number of fused-ring (bicyclic) bond motifs is 1. The third-order valence-corrected chi connectivity index (χ3v) is 4.69. The van der Waals surface area contributed by atoms with Crippen LogP contribution in [0.15, 0.2) is 30.3 Å². The topological polar surface area (TPSA) is 55.8 Å². The molecule has 0 spiro atoms. The lowest BCUT2D eigenvalue weighted by Crippen LogP contribution is -2.55. The number of rotatable bonds is 3. The smallest absolute Gasteiger partial charge is 0.334 e. The molecule has 2 aliphatic rings. The van der Waals surface area contributed by atoms with Crippen molar-refractivity contribution in [2.45, 2.75) is 38.0 Å². The molecule has 2 aliphatic heterocycles. The third-order valence-electron chi connectivity index (χ3n) is 4.69. The van der Waals surface area contributed by atoms with E-state index in [4.69, 9.17) is 9.47 Å². The molecule has 3 atom stereocenters. The molecule has 0 aliphatic carbocycles. The molecule has 0 aromatic heterocycles. The number of amides is 1. The molecule has 2 fully saturated rings. The molecule has 0 radical (unpaired) electrons. The Balaban J connectivity index is 2.10. The maximum atomic E-state index is 12.6. The van der Waals surface area contributed by atoms with Crippen molar-refractivity contribution in [3.63, 3.8) is 0 Å². The highest BCUT2D eigenvalue weighted by molar-refractivity contribution is 5.95. The van der Waals surface area contributed by atoms with Gasteiger partial charge < -0.3 is 9.47 Å². The molecule has 0 unspecified atom stereocenters. The van der Waals surface area contributed by atoms with Crippen LogP contribution >= 0.6 is 0 Å². The summed E-state index contributed by atoms with van der Waals surface area (Å²) in [5.41, 5.74) is -0.0703. The highest BCUT2D eigenvalue weighted by atomic mass is 16.6. The summed E-state index contributed by atoms with van der Waals surface area (Å²) in [6, 6.07) is 9.67. The fourth-order valence-corrected chi connectivity index (χ4v) is 3.70. The van der Waals surface area contributed by atoms with Gasteiger partial charge in [-0.2, -0.15) is 0 Å². The molecule has 1 aromatic carbocycles. The quantitative estimate of drug-likeness (QED) is 0.801. The number of hydrogen-bond donors (Lipinski definition) is 0. The maximum absolute atomic E-state index is 12.6. The number of esters is 1. The van der Waals surface area contributed by atoms with Gasteiger partial charge in [0.2, 0.25) is 5.91 Å². The molecule has 2 heterocycles. The van der Waals surface area contributed by atoms with Crippen molar-refractivity contribution in [3.05, 3.63) is 35.9 Å². The van der Waals surface area contributed by atoms with Crippen LogP contribution in [0.3, 0.4) is 0 Å². The van der Waals surface area contributed by atoms with E-state index >= 15 is 0 Å². The Morgan fingerprint density at radius 1 is 1.36 bits per heavy atom. The Labute approximate surface area is 130 Å². The molecule has 0 N–H and O–H groups in total. The normalized spacial score (nSPS) is 30.7.